The van der Waals surface area contributed by atoms with E-state index >= 15 is 0 Å². The maximum absolute atomic E-state index is 12.0. The Morgan fingerprint density at radius 1 is 1.33 bits per heavy atom. The lowest BCUT2D eigenvalue weighted by Gasteiger charge is -2.11. The molecule has 0 radical (unpaired) electrons. The van der Waals surface area contributed by atoms with Crippen molar-refractivity contribution < 1.29 is 19.4 Å². The number of aliphatic carboxylic acids is 1. The third-order valence-corrected chi connectivity index (χ3v) is 3.27. The maximum atomic E-state index is 12.0. The van der Waals surface area contributed by atoms with Gasteiger partial charge in [0.05, 0.1) is 6.61 Å². The molecule has 1 unspecified atom stereocenters. The molecule has 0 fully saturated rings. The standard InChI is InChI=1S/C16H23NO4/c1-12(6-7-15(18)19)8-9-17-16(20)14-5-3-4-13(10-14)11-21-2/h3-5,10,12H,6-9,11H2,1-2H3,(H,17,20)(H,18,19). The molecule has 0 aromatic heterocycles. The third kappa shape index (κ3) is 6.90. The first-order chi connectivity index (χ1) is 10.0. The zero-order chi connectivity index (χ0) is 15.7. The van der Waals surface area contributed by atoms with E-state index in [0.717, 1.165) is 12.0 Å². The van der Waals surface area contributed by atoms with Gasteiger partial charge in [0, 0.05) is 25.6 Å². The predicted molar refractivity (Wildman–Crippen MR) is 80.1 cm³/mol. The molecule has 0 saturated heterocycles. The minimum Gasteiger partial charge on any atom is -0.481 e. The van der Waals surface area contributed by atoms with E-state index in [1.165, 1.54) is 0 Å². The number of carbonyl (C=O) groups excluding carboxylic acids is 1. The van der Waals surface area contributed by atoms with Gasteiger partial charge in [0.15, 0.2) is 0 Å². The summed E-state index contributed by atoms with van der Waals surface area (Å²) < 4.78 is 5.04. The molecule has 21 heavy (non-hydrogen) atoms. The fourth-order valence-electron chi connectivity index (χ4n) is 2.02. The molecule has 0 aliphatic rings. The first-order valence-corrected chi connectivity index (χ1v) is 7.10. The SMILES string of the molecule is COCc1cccc(C(=O)NCCC(C)CCC(=O)O)c1. The van der Waals surface area contributed by atoms with E-state index in [1.807, 2.05) is 25.1 Å². The summed E-state index contributed by atoms with van der Waals surface area (Å²) >= 11 is 0. The number of hydrogen-bond acceptors (Lipinski definition) is 3. The number of methoxy groups -OCH3 is 1. The van der Waals surface area contributed by atoms with Crippen LogP contribution in [0.4, 0.5) is 0 Å². The van der Waals surface area contributed by atoms with Gasteiger partial charge in [-0.3, -0.25) is 9.59 Å². The van der Waals surface area contributed by atoms with Crippen molar-refractivity contribution in [3.8, 4) is 0 Å². The highest BCUT2D eigenvalue weighted by molar-refractivity contribution is 5.94. The molecule has 0 aliphatic carbocycles. The van der Waals surface area contributed by atoms with E-state index < -0.39 is 5.97 Å². The molecular weight excluding hydrogens is 270 g/mol. The van der Waals surface area contributed by atoms with Gasteiger partial charge in [-0.15, -0.1) is 0 Å². The van der Waals surface area contributed by atoms with Crippen molar-refractivity contribution in [2.45, 2.75) is 32.8 Å². The van der Waals surface area contributed by atoms with Crippen LogP contribution >= 0.6 is 0 Å². The molecule has 1 aromatic carbocycles. The van der Waals surface area contributed by atoms with Crippen molar-refractivity contribution in [1.82, 2.24) is 5.32 Å². The van der Waals surface area contributed by atoms with Crippen LogP contribution in [0.5, 0.6) is 0 Å². The summed E-state index contributed by atoms with van der Waals surface area (Å²) in [6.07, 6.45) is 1.58. The van der Waals surface area contributed by atoms with Gasteiger partial charge in [0.1, 0.15) is 0 Å². The highest BCUT2D eigenvalue weighted by Gasteiger charge is 2.08. The van der Waals surface area contributed by atoms with E-state index in [-0.39, 0.29) is 18.2 Å². The van der Waals surface area contributed by atoms with Crippen molar-refractivity contribution in [2.75, 3.05) is 13.7 Å². The van der Waals surface area contributed by atoms with Crippen molar-refractivity contribution in [1.29, 1.82) is 0 Å². The second kappa shape index (κ2) is 9.13. The Bertz CT molecular complexity index is 473. The zero-order valence-electron chi connectivity index (χ0n) is 12.6. The molecule has 1 rings (SSSR count). The topological polar surface area (TPSA) is 75.6 Å². The van der Waals surface area contributed by atoms with Gasteiger partial charge in [0.25, 0.3) is 5.91 Å². The number of rotatable bonds is 9. The number of carboxylic acids is 1. The number of ether oxygens (including phenoxy) is 1. The fraction of sp³-hybridized carbons (Fsp3) is 0.500. The average Bonchev–Trinajstić information content (AvgIpc) is 2.45. The quantitative estimate of drug-likeness (QED) is 0.733. The molecule has 1 amide bonds. The van der Waals surface area contributed by atoms with E-state index in [2.05, 4.69) is 5.32 Å². The molecule has 1 atom stereocenters. The smallest absolute Gasteiger partial charge is 0.303 e. The molecular formula is C16H23NO4. The number of carbonyl (C=O) groups is 2. The van der Waals surface area contributed by atoms with Crippen molar-refractivity contribution in [2.24, 2.45) is 5.92 Å². The van der Waals surface area contributed by atoms with Crippen LogP contribution in [-0.4, -0.2) is 30.6 Å². The summed E-state index contributed by atoms with van der Waals surface area (Å²) in [4.78, 5) is 22.5. The van der Waals surface area contributed by atoms with Crippen LogP contribution in [0, 0.1) is 5.92 Å². The van der Waals surface area contributed by atoms with Crippen LogP contribution in [-0.2, 0) is 16.1 Å². The minimum absolute atomic E-state index is 0.113. The number of hydrogen-bond donors (Lipinski definition) is 2. The zero-order valence-corrected chi connectivity index (χ0v) is 12.6. The molecule has 5 heteroatoms. The second-order valence-electron chi connectivity index (χ2n) is 5.22. The monoisotopic (exact) mass is 293 g/mol. The Hall–Kier alpha value is -1.88. The van der Waals surface area contributed by atoms with Gasteiger partial charge in [-0.25, -0.2) is 0 Å². The molecule has 0 heterocycles. The summed E-state index contributed by atoms with van der Waals surface area (Å²) in [5.74, 6) is -0.611. The third-order valence-electron chi connectivity index (χ3n) is 3.27. The normalized spacial score (nSPS) is 11.9. The molecule has 0 bridgehead atoms. The van der Waals surface area contributed by atoms with E-state index in [1.54, 1.807) is 13.2 Å². The molecule has 0 spiro atoms. The number of amides is 1. The highest BCUT2D eigenvalue weighted by Crippen LogP contribution is 2.10. The molecule has 0 saturated carbocycles. The van der Waals surface area contributed by atoms with Gasteiger partial charge in [-0.1, -0.05) is 19.1 Å². The second-order valence-corrected chi connectivity index (χ2v) is 5.22. The Morgan fingerprint density at radius 3 is 2.76 bits per heavy atom. The molecule has 0 aliphatic heterocycles. The maximum Gasteiger partial charge on any atom is 0.303 e. The average molecular weight is 293 g/mol. The van der Waals surface area contributed by atoms with Crippen molar-refractivity contribution in [3.05, 3.63) is 35.4 Å². The number of carboxylic acid groups (broad SMARTS) is 1. The van der Waals surface area contributed by atoms with Crippen LogP contribution in [0.15, 0.2) is 24.3 Å². The number of nitrogens with one attached hydrogen (secondary N) is 1. The minimum atomic E-state index is -0.777. The summed E-state index contributed by atoms with van der Waals surface area (Å²) in [6, 6.07) is 7.32. The lowest BCUT2D eigenvalue weighted by Crippen LogP contribution is -2.25. The highest BCUT2D eigenvalue weighted by atomic mass is 16.5. The van der Waals surface area contributed by atoms with E-state index in [0.29, 0.717) is 25.1 Å². The van der Waals surface area contributed by atoms with Crippen LogP contribution in [0.25, 0.3) is 0 Å². The van der Waals surface area contributed by atoms with Crippen LogP contribution < -0.4 is 5.32 Å². The number of benzene rings is 1. The molecule has 2 N–H and O–H groups in total. The summed E-state index contributed by atoms with van der Waals surface area (Å²) in [7, 11) is 1.62. The Morgan fingerprint density at radius 2 is 2.10 bits per heavy atom. The molecule has 116 valence electrons. The predicted octanol–water partition coefficient (Wildman–Crippen LogP) is 2.45. The largest absolute Gasteiger partial charge is 0.481 e. The molecule has 5 nitrogen and oxygen atoms in total. The first-order valence-electron chi connectivity index (χ1n) is 7.10. The lowest BCUT2D eigenvalue weighted by molar-refractivity contribution is -0.137. The first kappa shape index (κ1) is 17.2. The van der Waals surface area contributed by atoms with Crippen LogP contribution in [0.3, 0.4) is 0 Å². The fourth-order valence-corrected chi connectivity index (χ4v) is 2.02. The summed E-state index contributed by atoms with van der Waals surface area (Å²) in [5.41, 5.74) is 1.57. The molecule has 1 aromatic rings. The van der Waals surface area contributed by atoms with Gasteiger partial charge < -0.3 is 15.2 Å². The lowest BCUT2D eigenvalue weighted by atomic mass is 10.0. The van der Waals surface area contributed by atoms with E-state index in [4.69, 9.17) is 9.84 Å². The Labute approximate surface area is 125 Å². The van der Waals surface area contributed by atoms with E-state index in [9.17, 15) is 9.59 Å². The van der Waals surface area contributed by atoms with Gasteiger partial charge >= 0.3 is 5.97 Å². The summed E-state index contributed by atoms with van der Waals surface area (Å²) in [5, 5.41) is 11.5. The van der Waals surface area contributed by atoms with Crippen molar-refractivity contribution >= 4 is 11.9 Å². The van der Waals surface area contributed by atoms with Gasteiger partial charge in [-0.2, -0.15) is 0 Å². The Kier molecular flexibility index (Phi) is 7.46. The Balaban J connectivity index is 2.36. The summed E-state index contributed by atoms with van der Waals surface area (Å²) in [6.45, 7) is 3.02. The van der Waals surface area contributed by atoms with Crippen LogP contribution in [0.1, 0.15) is 42.1 Å². The van der Waals surface area contributed by atoms with Gasteiger partial charge in [0.2, 0.25) is 0 Å². The van der Waals surface area contributed by atoms with Crippen LogP contribution in [0.2, 0.25) is 0 Å². The van der Waals surface area contributed by atoms with Gasteiger partial charge in [-0.05, 0) is 36.5 Å². The van der Waals surface area contributed by atoms with Crippen molar-refractivity contribution in [3.63, 3.8) is 0 Å².